The second-order valence-corrected chi connectivity index (χ2v) is 8.94. The molecular formula is C23H21N7OS. The normalized spacial score (nSPS) is 14.4. The number of nitrogens with zero attached hydrogens (tertiary/aromatic N) is 6. The van der Waals surface area contributed by atoms with Crippen LogP contribution in [0.3, 0.4) is 0 Å². The molecule has 1 aliphatic heterocycles. The van der Waals surface area contributed by atoms with Crippen molar-refractivity contribution < 1.29 is 4.79 Å². The Bertz CT molecular complexity index is 1350. The highest BCUT2D eigenvalue weighted by molar-refractivity contribution is 7.14. The fourth-order valence-electron chi connectivity index (χ4n) is 3.59. The van der Waals surface area contributed by atoms with Crippen LogP contribution in [0.25, 0.3) is 27.0 Å². The SMILES string of the molecule is Cc1nnc(-c2ccc3nnc(NC(=O)c4ccnc(C5=CCN(C)CC5)c4)cc3c2)s1. The second-order valence-electron chi connectivity index (χ2n) is 7.75. The summed E-state index contributed by atoms with van der Waals surface area (Å²) in [5.74, 6) is 0.150. The van der Waals surface area contributed by atoms with Gasteiger partial charge in [0.1, 0.15) is 10.0 Å². The number of carbonyl (C=O) groups excluding carboxylic acids is 1. The van der Waals surface area contributed by atoms with Crippen LogP contribution in [0, 0.1) is 6.92 Å². The molecule has 0 aliphatic carbocycles. The molecule has 9 heteroatoms. The number of pyridine rings is 1. The van der Waals surface area contributed by atoms with Crippen LogP contribution in [0.2, 0.25) is 0 Å². The van der Waals surface area contributed by atoms with Crippen molar-refractivity contribution in [3.8, 4) is 10.6 Å². The van der Waals surface area contributed by atoms with E-state index in [4.69, 9.17) is 0 Å². The number of hydrogen-bond donors (Lipinski definition) is 1. The topological polar surface area (TPSA) is 96.8 Å². The van der Waals surface area contributed by atoms with Crippen LogP contribution in [0.1, 0.15) is 27.5 Å². The molecule has 1 aromatic carbocycles. The van der Waals surface area contributed by atoms with Crippen molar-refractivity contribution in [3.63, 3.8) is 0 Å². The molecule has 4 aromatic rings. The van der Waals surface area contributed by atoms with Crippen molar-refractivity contribution in [2.75, 3.05) is 25.5 Å². The molecule has 0 spiro atoms. The average molecular weight is 444 g/mol. The van der Waals surface area contributed by atoms with Crippen LogP contribution in [0.4, 0.5) is 5.82 Å². The number of aryl methyl sites for hydroxylation is 1. The smallest absolute Gasteiger partial charge is 0.256 e. The van der Waals surface area contributed by atoms with E-state index in [0.29, 0.717) is 11.4 Å². The first-order valence-corrected chi connectivity index (χ1v) is 11.1. The van der Waals surface area contributed by atoms with Gasteiger partial charge < -0.3 is 10.2 Å². The molecule has 0 unspecified atom stereocenters. The summed E-state index contributed by atoms with van der Waals surface area (Å²) in [6.07, 6.45) is 4.76. The van der Waals surface area contributed by atoms with Gasteiger partial charge in [-0.05, 0) is 62.4 Å². The molecule has 0 fully saturated rings. The number of aromatic nitrogens is 5. The lowest BCUT2D eigenvalue weighted by Gasteiger charge is -2.21. The Kier molecular flexibility index (Phi) is 5.42. The maximum atomic E-state index is 12.9. The monoisotopic (exact) mass is 443 g/mol. The molecular weight excluding hydrogens is 422 g/mol. The molecule has 4 heterocycles. The van der Waals surface area contributed by atoms with E-state index in [1.807, 2.05) is 37.3 Å². The van der Waals surface area contributed by atoms with Crippen molar-refractivity contribution in [2.45, 2.75) is 13.3 Å². The summed E-state index contributed by atoms with van der Waals surface area (Å²) in [7, 11) is 2.09. The third-order valence-corrected chi connectivity index (χ3v) is 6.25. The Morgan fingerprint density at radius 3 is 2.78 bits per heavy atom. The van der Waals surface area contributed by atoms with Crippen molar-refractivity contribution >= 4 is 39.5 Å². The number of carbonyl (C=O) groups is 1. The lowest BCUT2D eigenvalue weighted by Crippen LogP contribution is -2.24. The van der Waals surface area contributed by atoms with Crippen molar-refractivity contribution in [3.05, 3.63) is 64.9 Å². The molecule has 8 nitrogen and oxygen atoms in total. The molecule has 1 N–H and O–H groups in total. The van der Waals surface area contributed by atoms with Gasteiger partial charge in [-0.2, -0.15) is 0 Å². The zero-order chi connectivity index (χ0) is 22.1. The predicted octanol–water partition coefficient (Wildman–Crippen LogP) is 3.82. The first kappa shape index (κ1) is 20.3. The van der Waals surface area contributed by atoms with E-state index in [0.717, 1.165) is 51.7 Å². The summed E-state index contributed by atoms with van der Waals surface area (Å²) in [5.41, 5.74) is 4.25. The minimum atomic E-state index is -0.244. The Balaban J connectivity index is 1.38. The highest BCUT2D eigenvalue weighted by Gasteiger charge is 2.14. The highest BCUT2D eigenvalue weighted by Crippen LogP contribution is 2.27. The van der Waals surface area contributed by atoms with Crippen LogP contribution in [0.15, 0.2) is 48.7 Å². The van der Waals surface area contributed by atoms with Gasteiger partial charge in [-0.25, -0.2) is 0 Å². The van der Waals surface area contributed by atoms with Gasteiger partial charge in [-0.3, -0.25) is 9.78 Å². The number of rotatable bonds is 4. The van der Waals surface area contributed by atoms with E-state index >= 15 is 0 Å². The number of benzene rings is 1. The van der Waals surface area contributed by atoms with E-state index in [1.54, 1.807) is 12.3 Å². The minimum absolute atomic E-state index is 0.244. The molecule has 0 saturated carbocycles. The summed E-state index contributed by atoms with van der Waals surface area (Å²) in [6, 6.07) is 11.2. The van der Waals surface area contributed by atoms with Crippen molar-refractivity contribution in [2.24, 2.45) is 0 Å². The predicted molar refractivity (Wildman–Crippen MR) is 125 cm³/mol. The quantitative estimate of drug-likeness (QED) is 0.512. The largest absolute Gasteiger partial charge is 0.305 e. The number of nitrogens with one attached hydrogen (secondary N) is 1. The third-order valence-electron chi connectivity index (χ3n) is 5.36. The lowest BCUT2D eigenvalue weighted by atomic mass is 10.0. The summed E-state index contributed by atoms with van der Waals surface area (Å²) in [4.78, 5) is 19.6. The summed E-state index contributed by atoms with van der Waals surface area (Å²) in [6.45, 7) is 3.79. The number of hydrogen-bond acceptors (Lipinski definition) is 8. The van der Waals surface area contributed by atoms with Crippen LogP contribution in [0.5, 0.6) is 0 Å². The van der Waals surface area contributed by atoms with E-state index in [1.165, 1.54) is 16.9 Å². The van der Waals surface area contributed by atoms with E-state index < -0.39 is 0 Å². The Labute approximate surface area is 189 Å². The third kappa shape index (κ3) is 4.25. The van der Waals surface area contributed by atoms with E-state index in [-0.39, 0.29) is 5.91 Å². The number of anilines is 1. The van der Waals surface area contributed by atoms with Gasteiger partial charge >= 0.3 is 0 Å². The fourth-order valence-corrected chi connectivity index (χ4v) is 4.28. The lowest BCUT2D eigenvalue weighted by molar-refractivity contribution is 0.102. The van der Waals surface area contributed by atoms with Gasteiger partial charge in [-0.1, -0.05) is 17.4 Å². The molecule has 160 valence electrons. The average Bonchev–Trinajstić information content (AvgIpc) is 3.25. The van der Waals surface area contributed by atoms with Gasteiger partial charge in [0.15, 0.2) is 5.82 Å². The molecule has 5 rings (SSSR count). The maximum absolute atomic E-state index is 12.9. The number of likely N-dealkylation sites (N-methyl/N-ethyl adjacent to an activating group) is 1. The number of amides is 1. The minimum Gasteiger partial charge on any atom is -0.305 e. The maximum Gasteiger partial charge on any atom is 0.256 e. The van der Waals surface area contributed by atoms with Crippen molar-refractivity contribution in [1.29, 1.82) is 0 Å². The molecule has 3 aromatic heterocycles. The zero-order valence-electron chi connectivity index (χ0n) is 17.7. The summed E-state index contributed by atoms with van der Waals surface area (Å²) < 4.78 is 0. The Morgan fingerprint density at radius 1 is 1.09 bits per heavy atom. The first-order valence-electron chi connectivity index (χ1n) is 10.3. The van der Waals surface area contributed by atoms with Gasteiger partial charge in [0, 0.05) is 35.8 Å². The van der Waals surface area contributed by atoms with E-state index in [2.05, 4.69) is 48.7 Å². The highest BCUT2D eigenvalue weighted by atomic mass is 32.1. The summed E-state index contributed by atoms with van der Waals surface area (Å²) in [5, 5.41) is 22.2. The Morgan fingerprint density at radius 2 is 2.00 bits per heavy atom. The standard InChI is InChI=1S/C23H21N7OS/c1-14-26-29-23(32-14)17-3-4-19-18(11-17)13-21(28-27-19)25-22(31)16-5-8-24-20(12-16)15-6-9-30(2)10-7-15/h3-6,8,11-13H,7,9-10H2,1-2H3,(H,25,28,31). The van der Waals surface area contributed by atoms with Crippen molar-refractivity contribution in [1.82, 2.24) is 30.3 Å². The fraction of sp³-hybridized carbons (Fsp3) is 0.217. The van der Waals surface area contributed by atoms with Gasteiger partial charge in [0.2, 0.25) is 0 Å². The first-order chi connectivity index (χ1) is 15.5. The van der Waals surface area contributed by atoms with Gasteiger partial charge in [0.05, 0.1) is 11.2 Å². The van der Waals surface area contributed by atoms with Crippen LogP contribution in [-0.4, -0.2) is 56.3 Å². The van der Waals surface area contributed by atoms with Gasteiger partial charge in [-0.15, -0.1) is 20.4 Å². The molecule has 32 heavy (non-hydrogen) atoms. The van der Waals surface area contributed by atoms with Gasteiger partial charge in [0.25, 0.3) is 5.91 Å². The second kappa shape index (κ2) is 8.52. The summed E-state index contributed by atoms with van der Waals surface area (Å²) >= 11 is 1.53. The molecule has 0 radical (unpaired) electrons. The molecule has 0 saturated heterocycles. The van der Waals surface area contributed by atoms with E-state index in [9.17, 15) is 4.79 Å². The number of fused-ring (bicyclic) bond motifs is 1. The van der Waals surface area contributed by atoms with Crippen LogP contribution >= 0.6 is 11.3 Å². The zero-order valence-corrected chi connectivity index (χ0v) is 18.6. The molecule has 0 atom stereocenters. The Hall–Kier alpha value is -3.56. The molecule has 1 amide bonds. The van der Waals surface area contributed by atoms with Crippen LogP contribution < -0.4 is 5.32 Å². The molecule has 1 aliphatic rings. The molecule has 0 bridgehead atoms. The van der Waals surface area contributed by atoms with Crippen LogP contribution in [-0.2, 0) is 0 Å².